The first-order chi connectivity index (χ1) is 14.8. The van der Waals surface area contributed by atoms with E-state index in [9.17, 15) is 18.4 Å². The fourth-order valence-corrected chi connectivity index (χ4v) is 4.62. The van der Waals surface area contributed by atoms with Crippen molar-refractivity contribution in [1.82, 2.24) is 20.4 Å². The summed E-state index contributed by atoms with van der Waals surface area (Å²) >= 11 is 1.32. The number of urea groups is 1. The molecule has 168 valence electrons. The van der Waals surface area contributed by atoms with Crippen LogP contribution in [-0.4, -0.2) is 53.2 Å². The van der Waals surface area contributed by atoms with Crippen LogP contribution in [0.2, 0.25) is 0 Å². The zero-order valence-corrected chi connectivity index (χ0v) is 17.6. The summed E-state index contributed by atoms with van der Waals surface area (Å²) in [6, 6.07) is -0.190. The van der Waals surface area contributed by atoms with E-state index in [1.165, 1.54) is 18.4 Å². The lowest BCUT2D eigenvalue weighted by Crippen LogP contribution is -2.33. The van der Waals surface area contributed by atoms with Gasteiger partial charge in [-0.3, -0.25) is 10.1 Å². The third-order valence-electron chi connectivity index (χ3n) is 5.36. The number of halogens is 2. The molecule has 0 unspecified atom stereocenters. The fourth-order valence-electron chi connectivity index (χ4n) is 3.60. The van der Waals surface area contributed by atoms with Crippen molar-refractivity contribution in [2.45, 2.75) is 50.5 Å². The van der Waals surface area contributed by atoms with E-state index in [1.54, 1.807) is 0 Å². The van der Waals surface area contributed by atoms with E-state index >= 15 is 0 Å². The summed E-state index contributed by atoms with van der Waals surface area (Å²) in [6.45, 7) is 0.858. The number of rotatable bonds is 5. The maximum Gasteiger partial charge on any atom is 0.325 e. The number of hydrogen-bond donors (Lipinski definition) is 2. The molecular weight excluding hydrogens is 434 g/mol. The van der Waals surface area contributed by atoms with E-state index in [4.69, 9.17) is 4.52 Å². The number of fused-ring (bicyclic) bond motifs is 1. The molecule has 0 saturated heterocycles. The molecule has 2 N–H and O–H groups in total. The van der Waals surface area contributed by atoms with Crippen molar-refractivity contribution >= 4 is 34.5 Å². The number of alkyl halides is 2. The molecule has 0 spiro atoms. The largest absolute Gasteiger partial charge is 0.468 e. The van der Waals surface area contributed by atoms with Gasteiger partial charge in [0.25, 0.3) is 0 Å². The Kier molecular flexibility index (Phi) is 6.03. The first-order valence-corrected chi connectivity index (χ1v) is 10.7. The number of aromatic nitrogens is 3. The second kappa shape index (κ2) is 8.73. The Morgan fingerprint density at radius 1 is 1.32 bits per heavy atom. The van der Waals surface area contributed by atoms with E-state index < -0.39 is 17.9 Å². The number of ether oxygens (including phenoxy) is 1. The third kappa shape index (κ3) is 5.09. The van der Waals surface area contributed by atoms with Crippen LogP contribution in [0.15, 0.2) is 4.52 Å². The SMILES string of the molecule is COC(=O)CNC(=O)Nc1nc2c(s1)CN(c1nc(C3CCC(F)(F)CC3)no1)CC2. The highest BCUT2D eigenvalue weighted by Gasteiger charge is 2.37. The van der Waals surface area contributed by atoms with E-state index in [2.05, 4.69) is 30.5 Å². The minimum Gasteiger partial charge on any atom is -0.468 e. The Balaban J connectivity index is 1.35. The van der Waals surface area contributed by atoms with Gasteiger partial charge in [-0.2, -0.15) is 4.98 Å². The molecule has 1 aliphatic carbocycles. The molecule has 2 aromatic rings. The maximum absolute atomic E-state index is 13.4. The number of amides is 2. The van der Waals surface area contributed by atoms with Crippen LogP contribution in [0.1, 0.15) is 48.0 Å². The summed E-state index contributed by atoms with van der Waals surface area (Å²) < 4.78 is 36.6. The summed E-state index contributed by atoms with van der Waals surface area (Å²) in [5.41, 5.74) is 0.874. The van der Waals surface area contributed by atoms with Gasteiger partial charge in [0.05, 0.1) is 19.3 Å². The van der Waals surface area contributed by atoms with Gasteiger partial charge in [0.2, 0.25) is 5.92 Å². The molecule has 0 bridgehead atoms. The molecular formula is C18H22F2N6O4S. The summed E-state index contributed by atoms with van der Waals surface area (Å²) in [6.07, 6.45) is 1.01. The zero-order valence-electron chi connectivity index (χ0n) is 16.8. The number of hydrogen-bond acceptors (Lipinski definition) is 9. The van der Waals surface area contributed by atoms with Gasteiger partial charge in [-0.1, -0.05) is 16.5 Å². The highest BCUT2D eigenvalue weighted by atomic mass is 32.1. The van der Waals surface area contributed by atoms with Crippen LogP contribution in [0.4, 0.5) is 24.7 Å². The normalized spacial score (nSPS) is 18.4. The van der Waals surface area contributed by atoms with Crippen molar-refractivity contribution in [3.63, 3.8) is 0 Å². The van der Waals surface area contributed by atoms with Crippen LogP contribution in [-0.2, 0) is 22.5 Å². The number of anilines is 2. The number of nitrogens with zero attached hydrogens (tertiary/aromatic N) is 4. The van der Waals surface area contributed by atoms with Crippen molar-refractivity contribution in [2.75, 3.05) is 30.4 Å². The lowest BCUT2D eigenvalue weighted by atomic mass is 9.86. The van der Waals surface area contributed by atoms with Crippen LogP contribution in [0, 0.1) is 0 Å². The lowest BCUT2D eigenvalue weighted by Gasteiger charge is -2.26. The van der Waals surface area contributed by atoms with Crippen LogP contribution >= 0.6 is 11.3 Å². The first kappa shape index (κ1) is 21.4. The highest BCUT2D eigenvalue weighted by Crippen LogP contribution is 2.40. The Morgan fingerprint density at radius 2 is 2.10 bits per heavy atom. The second-order valence-electron chi connectivity index (χ2n) is 7.51. The number of carbonyl (C=O) groups excluding carboxylic acids is 2. The van der Waals surface area contributed by atoms with Crippen molar-refractivity contribution in [2.24, 2.45) is 0 Å². The van der Waals surface area contributed by atoms with Crippen molar-refractivity contribution < 1.29 is 27.6 Å². The standard InChI is InChI=1S/C18H22F2N6O4S/c1-29-13(27)8-21-15(28)24-16-22-11-4-7-26(9-12(11)31-16)17-23-14(25-30-17)10-2-5-18(19,20)6-3-10/h10H,2-9H2,1H3,(H2,21,22,24,28). The quantitative estimate of drug-likeness (QED) is 0.659. The molecule has 13 heteroatoms. The smallest absolute Gasteiger partial charge is 0.325 e. The minimum atomic E-state index is -2.60. The molecule has 0 radical (unpaired) electrons. The molecule has 0 aromatic carbocycles. The topological polar surface area (TPSA) is 122 Å². The van der Waals surface area contributed by atoms with Gasteiger partial charge in [0, 0.05) is 36.6 Å². The summed E-state index contributed by atoms with van der Waals surface area (Å²) in [7, 11) is 1.24. The molecule has 2 amide bonds. The van der Waals surface area contributed by atoms with Gasteiger partial charge in [0.1, 0.15) is 6.54 Å². The fraction of sp³-hybridized carbons (Fsp3) is 0.611. The molecule has 0 atom stereocenters. The predicted octanol–water partition coefficient (Wildman–Crippen LogP) is 2.68. The first-order valence-electron chi connectivity index (χ1n) is 9.89. The summed E-state index contributed by atoms with van der Waals surface area (Å²) in [5, 5.41) is 9.43. The van der Waals surface area contributed by atoms with E-state index in [0.717, 1.165) is 10.6 Å². The van der Waals surface area contributed by atoms with Gasteiger partial charge in [0.15, 0.2) is 11.0 Å². The maximum atomic E-state index is 13.4. The Hall–Kier alpha value is -2.83. The van der Waals surface area contributed by atoms with Gasteiger partial charge in [-0.05, 0) is 12.8 Å². The molecule has 2 aromatic heterocycles. The number of esters is 1. The molecule has 2 aliphatic rings. The molecule has 4 rings (SSSR count). The molecule has 1 fully saturated rings. The Bertz CT molecular complexity index is 955. The molecule has 1 aliphatic heterocycles. The summed E-state index contributed by atoms with van der Waals surface area (Å²) in [4.78, 5) is 34.7. The third-order valence-corrected chi connectivity index (χ3v) is 6.35. The number of methoxy groups -OCH3 is 1. The monoisotopic (exact) mass is 456 g/mol. The highest BCUT2D eigenvalue weighted by molar-refractivity contribution is 7.15. The predicted molar refractivity (Wildman–Crippen MR) is 106 cm³/mol. The average molecular weight is 456 g/mol. The Morgan fingerprint density at radius 3 is 2.84 bits per heavy atom. The molecule has 1 saturated carbocycles. The van der Waals surface area contributed by atoms with Crippen LogP contribution < -0.4 is 15.5 Å². The summed E-state index contributed by atoms with van der Waals surface area (Å²) in [5.74, 6) is -2.78. The van der Waals surface area contributed by atoms with Crippen molar-refractivity contribution in [3.05, 3.63) is 16.4 Å². The van der Waals surface area contributed by atoms with Gasteiger partial charge < -0.3 is 19.5 Å². The van der Waals surface area contributed by atoms with Gasteiger partial charge in [-0.25, -0.2) is 18.6 Å². The zero-order chi connectivity index (χ0) is 22.0. The van der Waals surface area contributed by atoms with E-state index in [0.29, 0.717) is 49.3 Å². The van der Waals surface area contributed by atoms with E-state index in [1.807, 2.05) is 4.90 Å². The number of nitrogens with one attached hydrogen (secondary N) is 2. The molecule has 31 heavy (non-hydrogen) atoms. The van der Waals surface area contributed by atoms with Crippen molar-refractivity contribution in [1.29, 1.82) is 0 Å². The van der Waals surface area contributed by atoms with E-state index in [-0.39, 0.29) is 25.3 Å². The molecule has 3 heterocycles. The lowest BCUT2D eigenvalue weighted by molar-refractivity contribution is -0.139. The number of carbonyl (C=O) groups is 2. The van der Waals surface area contributed by atoms with Gasteiger partial charge >= 0.3 is 18.0 Å². The number of thiazole rings is 1. The van der Waals surface area contributed by atoms with Crippen molar-refractivity contribution in [3.8, 4) is 0 Å². The second-order valence-corrected chi connectivity index (χ2v) is 8.59. The van der Waals surface area contributed by atoms with Crippen LogP contribution in [0.3, 0.4) is 0 Å². The Labute approximate surface area is 180 Å². The van der Waals surface area contributed by atoms with Gasteiger partial charge in [-0.15, -0.1) is 0 Å². The minimum absolute atomic E-state index is 0.111. The molecule has 10 nitrogen and oxygen atoms in total. The van der Waals surface area contributed by atoms with Crippen LogP contribution in [0.25, 0.3) is 0 Å². The van der Waals surface area contributed by atoms with Crippen LogP contribution in [0.5, 0.6) is 0 Å². The average Bonchev–Trinajstić information content (AvgIpc) is 3.38.